The van der Waals surface area contributed by atoms with Crippen LogP contribution in [0.1, 0.15) is 5.56 Å². The van der Waals surface area contributed by atoms with Crippen molar-refractivity contribution < 1.29 is 4.74 Å². The molecule has 21 heavy (non-hydrogen) atoms. The molecule has 0 aliphatic rings. The quantitative estimate of drug-likeness (QED) is 0.775. The molecule has 0 spiro atoms. The van der Waals surface area contributed by atoms with Gasteiger partial charge in [-0.2, -0.15) is 0 Å². The average Bonchev–Trinajstić information content (AvgIpc) is 2.51. The monoisotopic (exact) mass is 298 g/mol. The molecule has 2 aromatic carbocycles. The van der Waals surface area contributed by atoms with E-state index in [2.05, 4.69) is 10.3 Å². The predicted octanol–water partition coefficient (Wildman–Crippen LogP) is 4.40. The minimum atomic E-state index is 0.601. The fourth-order valence-electron chi connectivity index (χ4n) is 2.23. The summed E-state index contributed by atoms with van der Waals surface area (Å²) in [5, 5.41) is 4.80. The number of nitrogens with zero attached hydrogens (tertiary/aromatic N) is 1. The Kier molecular flexibility index (Phi) is 4.04. The molecule has 0 bridgehead atoms. The first kappa shape index (κ1) is 13.9. The molecule has 1 N–H and O–H groups in total. The second-order valence-electron chi connectivity index (χ2n) is 4.72. The molecule has 0 fully saturated rings. The molecule has 0 unspecified atom stereocenters. The van der Waals surface area contributed by atoms with Crippen LogP contribution in [0.15, 0.2) is 54.7 Å². The Bertz CT molecular complexity index is 774. The van der Waals surface area contributed by atoms with Crippen LogP contribution in [-0.2, 0) is 6.54 Å². The smallest absolute Gasteiger partial charge is 0.150 e. The zero-order chi connectivity index (χ0) is 14.7. The van der Waals surface area contributed by atoms with Crippen LogP contribution in [0, 0.1) is 0 Å². The summed E-state index contributed by atoms with van der Waals surface area (Å²) in [4.78, 5) is 4.34. The van der Waals surface area contributed by atoms with Crippen LogP contribution in [0.3, 0.4) is 0 Å². The van der Waals surface area contributed by atoms with Gasteiger partial charge < -0.3 is 10.1 Å². The maximum absolute atomic E-state index is 6.26. The SMILES string of the molecule is CNCc1cccc(Cl)c1Oc1ccc2cccnc2c1. The van der Waals surface area contributed by atoms with E-state index in [1.165, 1.54) is 0 Å². The Balaban J connectivity index is 1.98. The molecule has 0 amide bonds. The Morgan fingerprint density at radius 1 is 1.14 bits per heavy atom. The van der Waals surface area contributed by atoms with Crippen LogP contribution in [0.5, 0.6) is 11.5 Å². The highest BCUT2D eigenvalue weighted by molar-refractivity contribution is 6.32. The van der Waals surface area contributed by atoms with E-state index >= 15 is 0 Å². The number of hydrogen-bond donors (Lipinski definition) is 1. The van der Waals surface area contributed by atoms with Crippen molar-refractivity contribution >= 4 is 22.5 Å². The Hall–Kier alpha value is -2.10. The van der Waals surface area contributed by atoms with Gasteiger partial charge in [0.05, 0.1) is 10.5 Å². The minimum Gasteiger partial charge on any atom is -0.455 e. The topological polar surface area (TPSA) is 34.1 Å². The lowest BCUT2D eigenvalue weighted by atomic mass is 10.2. The van der Waals surface area contributed by atoms with Crippen molar-refractivity contribution in [1.82, 2.24) is 10.3 Å². The molecule has 0 aliphatic carbocycles. The van der Waals surface area contributed by atoms with E-state index in [9.17, 15) is 0 Å². The molecule has 1 aromatic heterocycles. The molecule has 4 heteroatoms. The highest BCUT2D eigenvalue weighted by Gasteiger charge is 2.09. The van der Waals surface area contributed by atoms with Crippen molar-refractivity contribution in [3.05, 3.63) is 65.3 Å². The van der Waals surface area contributed by atoms with Gasteiger partial charge in [-0.05, 0) is 31.3 Å². The van der Waals surface area contributed by atoms with Gasteiger partial charge in [0.1, 0.15) is 11.5 Å². The maximum atomic E-state index is 6.26. The van der Waals surface area contributed by atoms with E-state index in [4.69, 9.17) is 16.3 Å². The van der Waals surface area contributed by atoms with Crippen molar-refractivity contribution in [3.8, 4) is 11.5 Å². The molecule has 0 aliphatic heterocycles. The van der Waals surface area contributed by atoms with Crippen molar-refractivity contribution in [2.45, 2.75) is 6.54 Å². The number of nitrogens with one attached hydrogen (secondary N) is 1. The highest BCUT2D eigenvalue weighted by atomic mass is 35.5. The molecule has 0 saturated heterocycles. The first-order chi connectivity index (χ1) is 10.3. The predicted molar refractivity (Wildman–Crippen MR) is 86.0 cm³/mol. The summed E-state index contributed by atoms with van der Waals surface area (Å²) >= 11 is 6.26. The summed E-state index contributed by atoms with van der Waals surface area (Å²) < 4.78 is 5.99. The first-order valence-corrected chi connectivity index (χ1v) is 7.10. The molecular weight excluding hydrogens is 284 g/mol. The van der Waals surface area contributed by atoms with Crippen molar-refractivity contribution in [3.63, 3.8) is 0 Å². The van der Waals surface area contributed by atoms with E-state index in [1.807, 2.05) is 55.6 Å². The summed E-state index contributed by atoms with van der Waals surface area (Å²) in [6, 6.07) is 15.5. The number of ether oxygens (including phenoxy) is 1. The van der Waals surface area contributed by atoms with Crippen LogP contribution in [0.4, 0.5) is 0 Å². The van der Waals surface area contributed by atoms with Crippen LogP contribution < -0.4 is 10.1 Å². The number of pyridine rings is 1. The normalized spacial score (nSPS) is 10.8. The second-order valence-corrected chi connectivity index (χ2v) is 5.13. The fourth-order valence-corrected chi connectivity index (χ4v) is 2.46. The fraction of sp³-hybridized carbons (Fsp3) is 0.118. The lowest BCUT2D eigenvalue weighted by Gasteiger charge is -2.13. The zero-order valence-electron chi connectivity index (χ0n) is 11.6. The van der Waals surface area contributed by atoms with Gasteiger partial charge in [-0.15, -0.1) is 0 Å². The Morgan fingerprint density at radius 2 is 2.05 bits per heavy atom. The lowest BCUT2D eigenvalue weighted by molar-refractivity contribution is 0.475. The third kappa shape index (κ3) is 2.99. The third-order valence-electron chi connectivity index (χ3n) is 3.21. The molecule has 3 nitrogen and oxygen atoms in total. The van der Waals surface area contributed by atoms with E-state index in [0.29, 0.717) is 17.3 Å². The summed E-state index contributed by atoms with van der Waals surface area (Å²) in [5.74, 6) is 1.41. The number of benzene rings is 2. The number of aromatic nitrogens is 1. The van der Waals surface area contributed by atoms with Crippen LogP contribution in [0.2, 0.25) is 5.02 Å². The first-order valence-electron chi connectivity index (χ1n) is 6.72. The van der Waals surface area contributed by atoms with Crippen LogP contribution in [0.25, 0.3) is 10.9 Å². The summed E-state index contributed by atoms with van der Waals surface area (Å²) in [6.07, 6.45) is 1.77. The Labute approximate surface area is 128 Å². The maximum Gasteiger partial charge on any atom is 0.150 e. The van der Waals surface area contributed by atoms with E-state index in [0.717, 1.165) is 22.2 Å². The summed E-state index contributed by atoms with van der Waals surface area (Å²) in [6.45, 7) is 0.696. The van der Waals surface area contributed by atoms with Gasteiger partial charge in [0.15, 0.2) is 0 Å². The van der Waals surface area contributed by atoms with Gasteiger partial charge in [0.25, 0.3) is 0 Å². The zero-order valence-corrected chi connectivity index (χ0v) is 12.4. The van der Waals surface area contributed by atoms with E-state index in [-0.39, 0.29) is 0 Å². The number of halogens is 1. The molecule has 0 saturated carbocycles. The minimum absolute atomic E-state index is 0.601. The largest absolute Gasteiger partial charge is 0.455 e. The van der Waals surface area contributed by atoms with Crippen LogP contribution >= 0.6 is 11.6 Å². The van der Waals surface area contributed by atoms with Crippen molar-refractivity contribution in [1.29, 1.82) is 0 Å². The van der Waals surface area contributed by atoms with Gasteiger partial charge in [0, 0.05) is 29.8 Å². The average molecular weight is 299 g/mol. The Morgan fingerprint density at radius 3 is 2.90 bits per heavy atom. The third-order valence-corrected chi connectivity index (χ3v) is 3.51. The molecular formula is C17H15ClN2O. The summed E-state index contributed by atoms with van der Waals surface area (Å²) in [5.41, 5.74) is 1.92. The summed E-state index contributed by atoms with van der Waals surface area (Å²) in [7, 11) is 1.89. The van der Waals surface area contributed by atoms with Crippen molar-refractivity contribution in [2.75, 3.05) is 7.05 Å². The molecule has 0 radical (unpaired) electrons. The number of hydrogen-bond acceptors (Lipinski definition) is 3. The molecule has 1 heterocycles. The standard InChI is InChI=1S/C17H15ClN2O/c1-19-11-13-4-2-6-15(18)17(13)21-14-8-7-12-5-3-9-20-16(12)10-14/h2-10,19H,11H2,1H3. The number of fused-ring (bicyclic) bond motifs is 1. The second kappa shape index (κ2) is 6.12. The number of rotatable bonds is 4. The van der Waals surface area contributed by atoms with Gasteiger partial charge in [-0.25, -0.2) is 0 Å². The molecule has 0 atom stereocenters. The van der Waals surface area contributed by atoms with Crippen molar-refractivity contribution in [2.24, 2.45) is 0 Å². The van der Waals surface area contributed by atoms with Gasteiger partial charge in [0.2, 0.25) is 0 Å². The van der Waals surface area contributed by atoms with E-state index in [1.54, 1.807) is 6.20 Å². The highest BCUT2D eigenvalue weighted by Crippen LogP contribution is 2.33. The molecule has 106 valence electrons. The van der Waals surface area contributed by atoms with Crippen LogP contribution in [-0.4, -0.2) is 12.0 Å². The van der Waals surface area contributed by atoms with Gasteiger partial charge in [-0.3, -0.25) is 4.98 Å². The molecule has 3 rings (SSSR count). The number of para-hydroxylation sites is 1. The lowest BCUT2D eigenvalue weighted by Crippen LogP contribution is -2.06. The molecule has 3 aromatic rings. The van der Waals surface area contributed by atoms with Gasteiger partial charge in [-0.1, -0.05) is 29.8 Å². The van der Waals surface area contributed by atoms with Gasteiger partial charge >= 0.3 is 0 Å². The van der Waals surface area contributed by atoms with E-state index < -0.39 is 0 Å².